The van der Waals surface area contributed by atoms with Crippen LogP contribution in [0.15, 0.2) is 12.2 Å². The van der Waals surface area contributed by atoms with Crippen molar-refractivity contribution < 1.29 is 47.5 Å². The fourth-order valence-corrected chi connectivity index (χ4v) is 7.96. The van der Waals surface area contributed by atoms with Crippen molar-refractivity contribution in [3.05, 3.63) is 12.2 Å². The average molecular weight is 699 g/mol. The molecule has 11 heteroatoms. The zero-order chi connectivity index (χ0) is 34.6. The van der Waals surface area contributed by atoms with Crippen molar-refractivity contribution in [1.29, 1.82) is 0 Å². The minimum atomic E-state index is -1.99. The number of esters is 1. The van der Waals surface area contributed by atoms with Crippen LogP contribution in [0.5, 0.6) is 0 Å². The van der Waals surface area contributed by atoms with E-state index < -0.39 is 32.8 Å². The van der Waals surface area contributed by atoms with E-state index >= 15 is 0 Å². The Hall–Kier alpha value is -0.893. The molecule has 9 atom stereocenters. The van der Waals surface area contributed by atoms with E-state index in [4.69, 9.17) is 37.6 Å². The molecular formula is C37H66O10Si. The standard InChI is InChI=1S/C37H66O10Si/c1-37(2,3)48(5,6)44-26-28-27(30(45-32-19-11-14-22-41-32)25-31(28)46-33-20-12-15-23-42-33)17-9-7-8-10-18-29(38)35(36(39)40-4)47-34-21-13-16-24-43-34/h7,9,27-35,38H,8,10-26H2,1-6H3/t27-,28-,29?,30+,31-,32?,33?,34?,35?/m1/s1. The summed E-state index contributed by atoms with van der Waals surface area (Å²) in [5.41, 5.74) is 0. The van der Waals surface area contributed by atoms with E-state index in [0.29, 0.717) is 32.5 Å². The molecule has 0 bridgehead atoms. The minimum absolute atomic E-state index is 0.00106. The van der Waals surface area contributed by atoms with Gasteiger partial charge in [0.15, 0.2) is 33.3 Å². The van der Waals surface area contributed by atoms with Gasteiger partial charge in [-0.2, -0.15) is 0 Å². The van der Waals surface area contributed by atoms with Gasteiger partial charge < -0.3 is 42.7 Å². The normalized spacial score (nSPS) is 31.9. The zero-order valence-corrected chi connectivity index (χ0v) is 31.7. The van der Waals surface area contributed by atoms with Crippen LogP contribution < -0.4 is 0 Å². The third-order valence-electron chi connectivity index (χ3n) is 11.0. The summed E-state index contributed by atoms with van der Waals surface area (Å²) >= 11 is 0. The van der Waals surface area contributed by atoms with Gasteiger partial charge in [0.05, 0.1) is 25.4 Å². The minimum Gasteiger partial charge on any atom is -0.467 e. The summed E-state index contributed by atoms with van der Waals surface area (Å²) in [6.07, 6.45) is 14.1. The van der Waals surface area contributed by atoms with Crippen LogP contribution in [-0.4, -0.2) is 96.2 Å². The Labute approximate surface area is 291 Å². The number of methoxy groups -OCH3 is 1. The first-order valence-electron chi connectivity index (χ1n) is 18.8. The predicted molar refractivity (Wildman–Crippen MR) is 186 cm³/mol. The van der Waals surface area contributed by atoms with Gasteiger partial charge in [-0.05, 0) is 108 Å². The van der Waals surface area contributed by atoms with Crippen molar-refractivity contribution in [2.45, 2.75) is 172 Å². The van der Waals surface area contributed by atoms with Gasteiger partial charge in [0.25, 0.3) is 0 Å². The Morgan fingerprint density at radius 2 is 1.42 bits per heavy atom. The molecule has 278 valence electrons. The Bertz CT molecular complexity index is 952. The lowest BCUT2D eigenvalue weighted by molar-refractivity contribution is -0.217. The van der Waals surface area contributed by atoms with Crippen LogP contribution in [-0.2, 0) is 42.4 Å². The highest BCUT2D eigenvalue weighted by atomic mass is 28.4. The molecule has 1 N–H and O–H groups in total. The summed E-state index contributed by atoms with van der Waals surface area (Å²) in [4.78, 5) is 12.4. The van der Waals surface area contributed by atoms with Gasteiger partial charge >= 0.3 is 5.97 Å². The SMILES string of the molecule is COC(=O)C(OC1CCCCO1)C(O)CCCC=CC[C@@H]1[C@@H](CO[Si](C)(C)C(C)(C)C)[C@H](OC2CCCCO2)C[C@@H]1OC1CCCCO1. The number of carbonyl (C=O) groups excluding carboxylic acids is 1. The Balaban J connectivity index is 1.39. The summed E-state index contributed by atoms with van der Waals surface area (Å²) < 4.78 is 48.8. The monoisotopic (exact) mass is 698 g/mol. The molecule has 3 heterocycles. The van der Waals surface area contributed by atoms with Crippen molar-refractivity contribution in [2.24, 2.45) is 11.8 Å². The molecule has 4 fully saturated rings. The molecule has 0 spiro atoms. The maximum Gasteiger partial charge on any atom is 0.337 e. The van der Waals surface area contributed by atoms with Gasteiger partial charge in [-0.1, -0.05) is 32.9 Å². The third-order valence-corrected chi connectivity index (χ3v) is 15.5. The van der Waals surface area contributed by atoms with Crippen LogP contribution in [0.25, 0.3) is 0 Å². The molecular weight excluding hydrogens is 632 g/mol. The Kier molecular flexibility index (Phi) is 16.3. The molecule has 0 aromatic heterocycles. The van der Waals surface area contributed by atoms with Crippen molar-refractivity contribution in [3.63, 3.8) is 0 Å². The maximum absolute atomic E-state index is 12.4. The van der Waals surface area contributed by atoms with E-state index in [1.54, 1.807) is 0 Å². The van der Waals surface area contributed by atoms with Crippen LogP contribution in [0.3, 0.4) is 0 Å². The van der Waals surface area contributed by atoms with E-state index in [0.717, 1.165) is 83.8 Å². The van der Waals surface area contributed by atoms with E-state index in [2.05, 4.69) is 46.0 Å². The average Bonchev–Trinajstić information content (AvgIpc) is 3.39. The first kappa shape index (κ1) is 39.9. The van der Waals surface area contributed by atoms with Gasteiger partial charge in [-0.3, -0.25) is 0 Å². The number of aliphatic hydroxyl groups excluding tert-OH is 1. The number of hydrogen-bond donors (Lipinski definition) is 1. The summed E-state index contributed by atoms with van der Waals surface area (Å²) in [6.45, 7) is 14.2. The first-order valence-corrected chi connectivity index (χ1v) is 21.8. The topological polar surface area (TPSA) is 111 Å². The van der Waals surface area contributed by atoms with Gasteiger partial charge in [0.2, 0.25) is 0 Å². The molecule has 48 heavy (non-hydrogen) atoms. The molecule has 1 saturated carbocycles. The molecule has 1 aliphatic carbocycles. The summed E-state index contributed by atoms with van der Waals surface area (Å²) in [7, 11) is -0.670. The number of carbonyl (C=O) groups is 1. The fraction of sp³-hybridized carbons (Fsp3) is 0.919. The van der Waals surface area contributed by atoms with Crippen LogP contribution in [0.4, 0.5) is 0 Å². The van der Waals surface area contributed by atoms with Crippen LogP contribution in [0.1, 0.15) is 111 Å². The number of ether oxygens (including phenoxy) is 7. The zero-order valence-electron chi connectivity index (χ0n) is 30.7. The highest BCUT2D eigenvalue weighted by molar-refractivity contribution is 6.74. The van der Waals surface area contributed by atoms with Gasteiger partial charge in [-0.25, -0.2) is 4.79 Å². The van der Waals surface area contributed by atoms with Gasteiger partial charge in [0, 0.05) is 38.8 Å². The molecule has 0 amide bonds. The predicted octanol–water partition coefficient (Wildman–Crippen LogP) is 7.03. The first-order chi connectivity index (χ1) is 23.0. The van der Waals surface area contributed by atoms with Gasteiger partial charge in [-0.15, -0.1) is 0 Å². The fourth-order valence-electron chi connectivity index (χ4n) is 6.92. The lowest BCUT2D eigenvalue weighted by Gasteiger charge is -2.39. The highest BCUT2D eigenvalue weighted by Crippen LogP contribution is 2.44. The van der Waals surface area contributed by atoms with Crippen molar-refractivity contribution in [3.8, 4) is 0 Å². The third kappa shape index (κ3) is 12.1. The molecule has 5 unspecified atom stereocenters. The second-order valence-electron chi connectivity index (χ2n) is 15.7. The molecule has 4 aliphatic rings. The van der Waals surface area contributed by atoms with Crippen LogP contribution in [0.2, 0.25) is 18.1 Å². The van der Waals surface area contributed by atoms with Gasteiger partial charge in [0.1, 0.15) is 0 Å². The number of aliphatic hydroxyl groups is 1. The number of allylic oxidation sites excluding steroid dienone is 2. The molecule has 4 rings (SSSR count). The van der Waals surface area contributed by atoms with E-state index in [-0.39, 0.29) is 41.7 Å². The number of hydrogen-bond acceptors (Lipinski definition) is 10. The Morgan fingerprint density at radius 1 is 0.854 bits per heavy atom. The lowest BCUT2D eigenvalue weighted by Crippen LogP contribution is -2.44. The van der Waals surface area contributed by atoms with Crippen LogP contribution >= 0.6 is 0 Å². The second-order valence-corrected chi connectivity index (χ2v) is 20.5. The summed E-state index contributed by atoms with van der Waals surface area (Å²) in [6, 6.07) is 0. The van der Waals surface area contributed by atoms with Crippen molar-refractivity contribution in [2.75, 3.05) is 33.5 Å². The smallest absolute Gasteiger partial charge is 0.337 e. The molecule has 0 aromatic rings. The summed E-state index contributed by atoms with van der Waals surface area (Å²) in [5, 5.41) is 11.0. The number of unbranched alkanes of at least 4 members (excludes halogenated alkanes) is 1. The van der Waals surface area contributed by atoms with Crippen molar-refractivity contribution in [1.82, 2.24) is 0 Å². The summed E-state index contributed by atoms with van der Waals surface area (Å²) in [5.74, 6) is -0.184. The molecule has 3 aliphatic heterocycles. The maximum atomic E-state index is 12.4. The molecule has 10 nitrogen and oxygen atoms in total. The van der Waals surface area contributed by atoms with E-state index in [1.165, 1.54) is 7.11 Å². The Morgan fingerprint density at radius 3 is 1.94 bits per heavy atom. The molecule has 3 saturated heterocycles. The number of rotatable bonds is 17. The lowest BCUT2D eigenvalue weighted by atomic mass is 9.90. The molecule has 0 radical (unpaired) electrons. The van der Waals surface area contributed by atoms with Crippen molar-refractivity contribution >= 4 is 14.3 Å². The second kappa shape index (κ2) is 19.6. The largest absolute Gasteiger partial charge is 0.467 e. The highest BCUT2D eigenvalue weighted by Gasteiger charge is 2.48. The van der Waals surface area contributed by atoms with E-state index in [1.807, 2.05) is 0 Å². The molecule has 0 aromatic carbocycles. The quantitative estimate of drug-likeness (QED) is 0.0736. The van der Waals surface area contributed by atoms with Crippen LogP contribution in [0, 0.1) is 11.8 Å². The van der Waals surface area contributed by atoms with E-state index in [9.17, 15) is 9.90 Å².